The zero-order valence-electron chi connectivity index (χ0n) is 8.98. The Labute approximate surface area is 94.1 Å². The maximum Gasteiger partial charge on any atom is 0.185 e. The Morgan fingerprint density at radius 3 is 3.27 bits per heavy atom. The summed E-state index contributed by atoms with van der Waals surface area (Å²) in [6.07, 6.45) is 3.28. The van der Waals surface area contributed by atoms with Crippen LogP contribution in [-0.2, 0) is 11.3 Å². The van der Waals surface area contributed by atoms with E-state index in [-0.39, 0.29) is 0 Å². The third-order valence-electron chi connectivity index (χ3n) is 2.61. The van der Waals surface area contributed by atoms with Crippen LogP contribution in [0.5, 0.6) is 0 Å². The van der Waals surface area contributed by atoms with Gasteiger partial charge < -0.3 is 15.4 Å². The van der Waals surface area contributed by atoms with Gasteiger partial charge in [0.15, 0.2) is 5.13 Å². The van der Waals surface area contributed by atoms with Crippen LogP contribution < -0.4 is 10.6 Å². The molecular weight excluding hydrogens is 210 g/mol. The molecule has 1 aliphatic heterocycles. The Morgan fingerprint density at radius 1 is 1.73 bits per heavy atom. The predicted molar refractivity (Wildman–Crippen MR) is 62.2 cm³/mol. The van der Waals surface area contributed by atoms with Gasteiger partial charge in [0.05, 0.1) is 12.7 Å². The van der Waals surface area contributed by atoms with E-state index in [1.165, 1.54) is 0 Å². The number of hydrogen-bond donors (Lipinski definition) is 1. The van der Waals surface area contributed by atoms with E-state index in [0.29, 0.717) is 12.6 Å². The first-order valence-corrected chi connectivity index (χ1v) is 6.16. The number of rotatable bonds is 3. The van der Waals surface area contributed by atoms with Crippen LogP contribution in [0.4, 0.5) is 5.13 Å². The van der Waals surface area contributed by atoms with Gasteiger partial charge in [-0.25, -0.2) is 4.98 Å². The lowest BCUT2D eigenvalue weighted by Gasteiger charge is -2.32. The third-order valence-corrected chi connectivity index (χ3v) is 3.69. The predicted octanol–water partition coefficient (Wildman–Crippen LogP) is 1.22. The molecule has 0 aromatic carbocycles. The number of morpholine rings is 1. The monoisotopic (exact) mass is 227 g/mol. The highest BCUT2D eigenvalue weighted by Gasteiger charge is 2.20. The van der Waals surface area contributed by atoms with E-state index in [1.807, 2.05) is 6.20 Å². The Hall–Kier alpha value is -0.650. The Kier molecular flexibility index (Phi) is 3.56. The van der Waals surface area contributed by atoms with Gasteiger partial charge in [-0.2, -0.15) is 0 Å². The van der Waals surface area contributed by atoms with E-state index in [0.717, 1.165) is 36.1 Å². The first-order chi connectivity index (χ1) is 7.33. The van der Waals surface area contributed by atoms with Crippen LogP contribution >= 0.6 is 11.3 Å². The zero-order chi connectivity index (χ0) is 10.7. The first-order valence-electron chi connectivity index (χ1n) is 5.34. The van der Waals surface area contributed by atoms with E-state index < -0.39 is 0 Å². The van der Waals surface area contributed by atoms with Crippen LogP contribution in [-0.4, -0.2) is 30.8 Å². The van der Waals surface area contributed by atoms with Crippen LogP contribution in [0, 0.1) is 0 Å². The highest BCUT2D eigenvalue weighted by atomic mass is 32.1. The first kappa shape index (κ1) is 10.9. The van der Waals surface area contributed by atoms with Gasteiger partial charge in [-0.15, -0.1) is 11.3 Å². The molecule has 0 aliphatic carbocycles. The van der Waals surface area contributed by atoms with Crippen molar-refractivity contribution in [3.05, 3.63) is 11.1 Å². The Balaban J connectivity index is 2.03. The zero-order valence-corrected chi connectivity index (χ0v) is 9.80. The van der Waals surface area contributed by atoms with Crippen molar-refractivity contribution < 1.29 is 4.74 Å². The minimum absolute atomic E-state index is 0.351. The molecule has 1 atom stereocenters. The number of aromatic nitrogens is 1. The molecule has 15 heavy (non-hydrogen) atoms. The summed E-state index contributed by atoms with van der Waals surface area (Å²) in [5.74, 6) is 0. The van der Waals surface area contributed by atoms with Crippen LogP contribution in [0.15, 0.2) is 6.20 Å². The Bertz CT molecular complexity index is 315. The SMILES string of the molecule is CCC1CN(c2ncc(CN)s2)CCO1. The van der Waals surface area contributed by atoms with Crippen molar-refractivity contribution in [3.63, 3.8) is 0 Å². The molecular formula is C10H17N3OS. The molecule has 2 heterocycles. The fraction of sp³-hybridized carbons (Fsp3) is 0.700. The lowest BCUT2D eigenvalue weighted by atomic mass is 10.2. The molecule has 5 heteroatoms. The molecule has 2 rings (SSSR count). The lowest BCUT2D eigenvalue weighted by molar-refractivity contribution is 0.0384. The van der Waals surface area contributed by atoms with Crippen molar-refractivity contribution in [2.24, 2.45) is 5.73 Å². The Morgan fingerprint density at radius 2 is 2.60 bits per heavy atom. The van der Waals surface area contributed by atoms with Gasteiger partial charge in [0.2, 0.25) is 0 Å². The van der Waals surface area contributed by atoms with E-state index in [1.54, 1.807) is 11.3 Å². The van der Waals surface area contributed by atoms with Gasteiger partial charge in [-0.1, -0.05) is 6.92 Å². The van der Waals surface area contributed by atoms with Gasteiger partial charge in [0.1, 0.15) is 0 Å². The van der Waals surface area contributed by atoms with Gasteiger partial charge >= 0.3 is 0 Å². The number of nitrogens with zero attached hydrogens (tertiary/aromatic N) is 2. The standard InChI is InChI=1S/C10H17N3OS/c1-2-8-7-13(3-4-14-8)10-12-6-9(5-11)15-10/h6,8H,2-5,7,11H2,1H3. The van der Waals surface area contributed by atoms with E-state index in [4.69, 9.17) is 10.5 Å². The normalized spacial score (nSPS) is 22.0. The molecule has 84 valence electrons. The summed E-state index contributed by atoms with van der Waals surface area (Å²) in [5, 5.41) is 1.08. The van der Waals surface area contributed by atoms with E-state index in [9.17, 15) is 0 Å². The second kappa shape index (κ2) is 4.92. The summed E-state index contributed by atoms with van der Waals surface area (Å²) in [4.78, 5) is 7.82. The number of hydrogen-bond acceptors (Lipinski definition) is 5. The van der Waals surface area contributed by atoms with Crippen molar-refractivity contribution in [1.82, 2.24) is 4.98 Å². The fourth-order valence-corrected chi connectivity index (χ4v) is 2.50. The van der Waals surface area contributed by atoms with Gasteiger partial charge in [-0.3, -0.25) is 0 Å². The number of nitrogens with two attached hydrogens (primary N) is 1. The molecule has 0 spiro atoms. The third kappa shape index (κ3) is 2.48. The van der Waals surface area contributed by atoms with Crippen molar-refractivity contribution in [2.45, 2.75) is 26.0 Å². The number of thiazole rings is 1. The molecule has 0 saturated carbocycles. The maximum absolute atomic E-state index is 5.62. The second-order valence-corrected chi connectivity index (χ2v) is 4.75. The van der Waals surface area contributed by atoms with Crippen molar-refractivity contribution >= 4 is 16.5 Å². The smallest absolute Gasteiger partial charge is 0.185 e. The van der Waals surface area contributed by atoms with Crippen LogP contribution in [0.25, 0.3) is 0 Å². The van der Waals surface area contributed by atoms with Crippen LogP contribution in [0.3, 0.4) is 0 Å². The van der Waals surface area contributed by atoms with Crippen molar-refractivity contribution in [3.8, 4) is 0 Å². The van der Waals surface area contributed by atoms with E-state index >= 15 is 0 Å². The lowest BCUT2D eigenvalue weighted by Crippen LogP contribution is -2.42. The number of anilines is 1. The molecule has 1 unspecified atom stereocenters. The topological polar surface area (TPSA) is 51.4 Å². The summed E-state index contributed by atoms with van der Waals surface area (Å²) in [6.45, 7) is 5.43. The molecule has 2 N–H and O–H groups in total. The van der Waals surface area contributed by atoms with Crippen molar-refractivity contribution in [1.29, 1.82) is 0 Å². The molecule has 1 aliphatic rings. The van der Waals surface area contributed by atoms with Crippen LogP contribution in [0.2, 0.25) is 0 Å². The molecule has 0 bridgehead atoms. The highest BCUT2D eigenvalue weighted by molar-refractivity contribution is 7.15. The van der Waals surface area contributed by atoms with E-state index in [2.05, 4.69) is 16.8 Å². The molecule has 0 amide bonds. The van der Waals surface area contributed by atoms with Gasteiger partial charge in [0, 0.05) is 30.7 Å². The molecule has 1 aromatic heterocycles. The largest absolute Gasteiger partial charge is 0.375 e. The quantitative estimate of drug-likeness (QED) is 0.843. The van der Waals surface area contributed by atoms with Crippen LogP contribution in [0.1, 0.15) is 18.2 Å². The summed E-state index contributed by atoms with van der Waals surface area (Å²) in [6, 6.07) is 0. The average molecular weight is 227 g/mol. The van der Waals surface area contributed by atoms with Gasteiger partial charge in [-0.05, 0) is 6.42 Å². The molecule has 1 saturated heterocycles. The maximum atomic E-state index is 5.62. The molecule has 0 radical (unpaired) electrons. The fourth-order valence-electron chi connectivity index (χ4n) is 1.68. The molecule has 1 aromatic rings. The average Bonchev–Trinajstić information content (AvgIpc) is 2.78. The summed E-state index contributed by atoms with van der Waals surface area (Å²) < 4.78 is 5.62. The summed E-state index contributed by atoms with van der Waals surface area (Å²) >= 11 is 1.69. The summed E-state index contributed by atoms with van der Waals surface area (Å²) in [7, 11) is 0. The van der Waals surface area contributed by atoms with Crippen molar-refractivity contribution in [2.75, 3.05) is 24.6 Å². The minimum atomic E-state index is 0.351. The highest BCUT2D eigenvalue weighted by Crippen LogP contribution is 2.24. The second-order valence-electron chi connectivity index (χ2n) is 3.66. The minimum Gasteiger partial charge on any atom is -0.375 e. The van der Waals surface area contributed by atoms with Gasteiger partial charge in [0.25, 0.3) is 0 Å². The molecule has 4 nitrogen and oxygen atoms in total. The number of ether oxygens (including phenoxy) is 1. The summed E-state index contributed by atoms with van der Waals surface area (Å²) in [5.41, 5.74) is 5.57. The molecule has 1 fully saturated rings.